The second kappa shape index (κ2) is 5.69. The Kier molecular flexibility index (Phi) is 3.79. The molecule has 4 heteroatoms. The minimum Gasteiger partial charge on any atom is -0.488 e. The Bertz CT molecular complexity index is 627. The van der Waals surface area contributed by atoms with Crippen molar-refractivity contribution in [2.75, 3.05) is 0 Å². The molecule has 0 aliphatic heterocycles. The number of carboxylic acids is 1. The van der Waals surface area contributed by atoms with Crippen LogP contribution in [0.3, 0.4) is 0 Å². The van der Waals surface area contributed by atoms with Crippen molar-refractivity contribution < 1.29 is 14.6 Å². The number of nitriles is 1. The lowest BCUT2D eigenvalue weighted by Gasteiger charge is -2.07. The Morgan fingerprint density at radius 1 is 1.16 bits per heavy atom. The second-order valence-corrected chi connectivity index (χ2v) is 3.90. The van der Waals surface area contributed by atoms with E-state index < -0.39 is 5.97 Å². The lowest BCUT2D eigenvalue weighted by molar-refractivity contribution is 0.0697. The third-order valence-corrected chi connectivity index (χ3v) is 2.60. The highest BCUT2D eigenvalue weighted by molar-refractivity contribution is 5.87. The fourth-order valence-electron chi connectivity index (χ4n) is 1.59. The minimum atomic E-state index is -0.956. The van der Waals surface area contributed by atoms with E-state index in [1.165, 1.54) is 12.1 Å². The van der Waals surface area contributed by atoms with Gasteiger partial charge in [0.1, 0.15) is 18.4 Å². The highest BCUT2D eigenvalue weighted by Gasteiger charge is 2.04. The van der Waals surface area contributed by atoms with Gasteiger partial charge in [0.25, 0.3) is 0 Å². The normalized spacial score (nSPS) is 9.63. The van der Waals surface area contributed by atoms with Crippen LogP contribution in [0.5, 0.6) is 5.75 Å². The van der Waals surface area contributed by atoms with Crippen molar-refractivity contribution in [3.8, 4) is 11.8 Å². The summed E-state index contributed by atoms with van der Waals surface area (Å²) in [5.74, 6) is -0.436. The highest BCUT2D eigenvalue weighted by atomic mass is 16.5. The lowest BCUT2D eigenvalue weighted by Crippen LogP contribution is -1.99. The Hall–Kier alpha value is -2.80. The molecular weight excluding hydrogens is 242 g/mol. The zero-order valence-electron chi connectivity index (χ0n) is 10.0. The molecule has 2 rings (SSSR count). The first-order valence-electron chi connectivity index (χ1n) is 5.65. The smallest absolute Gasteiger partial charge is 0.335 e. The van der Waals surface area contributed by atoms with E-state index in [0.29, 0.717) is 17.9 Å². The van der Waals surface area contributed by atoms with Crippen LogP contribution in [-0.2, 0) is 6.61 Å². The number of para-hydroxylation sites is 1. The Labute approximate surface area is 110 Å². The van der Waals surface area contributed by atoms with E-state index in [1.807, 2.05) is 0 Å². The second-order valence-electron chi connectivity index (χ2n) is 3.90. The van der Waals surface area contributed by atoms with Crippen molar-refractivity contribution in [3.05, 3.63) is 65.2 Å². The van der Waals surface area contributed by atoms with E-state index in [4.69, 9.17) is 15.1 Å². The molecule has 0 bridgehead atoms. The predicted molar refractivity (Wildman–Crippen MR) is 68.9 cm³/mol. The van der Waals surface area contributed by atoms with Crippen molar-refractivity contribution >= 4 is 5.97 Å². The summed E-state index contributed by atoms with van der Waals surface area (Å²) in [6, 6.07) is 15.5. The highest BCUT2D eigenvalue weighted by Crippen LogP contribution is 2.18. The number of rotatable bonds is 4. The van der Waals surface area contributed by atoms with Gasteiger partial charge < -0.3 is 9.84 Å². The standard InChI is InChI=1S/C15H11NO3/c16-9-13-3-1-2-4-14(13)19-10-11-5-7-12(8-6-11)15(17)18/h1-8H,10H2,(H,17,18). The molecule has 0 aromatic heterocycles. The number of ether oxygens (including phenoxy) is 1. The van der Waals surface area contributed by atoms with Gasteiger partial charge in [-0.2, -0.15) is 5.26 Å². The minimum absolute atomic E-state index is 0.237. The summed E-state index contributed by atoms with van der Waals surface area (Å²) in [6.45, 7) is 0.290. The van der Waals surface area contributed by atoms with E-state index in [0.717, 1.165) is 5.56 Å². The van der Waals surface area contributed by atoms with Gasteiger partial charge in [-0.05, 0) is 29.8 Å². The van der Waals surface area contributed by atoms with Gasteiger partial charge in [0, 0.05) is 0 Å². The van der Waals surface area contributed by atoms with E-state index in [1.54, 1.807) is 36.4 Å². The van der Waals surface area contributed by atoms with Crippen LogP contribution in [0.1, 0.15) is 21.5 Å². The van der Waals surface area contributed by atoms with Crippen LogP contribution in [0, 0.1) is 11.3 Å². The fraction of sp³-hybridized carbons (Fsp3) is 0.0667. The summed E-state index contributed by atoms with van der Waals surface area (Å²) < 4.78 is 5.54. The van der Waals surface area contributed by atoms with Gasteiger partial charge in [0.2, 0.25) is 0 Å². The van der Waals surface area contributed by atoms with Gasteiger partial charge in [0.05, 0.1) is 11.1 Å². The van der Waals surface area contributed by atoms with Gasteiger partial charge in [0.15, 0.2) is 0 Å². The maximum absolute atomic E-state index is 10.7. The first-order chi connectivity index (χ1) is 9.20. The molecule has 0 saturated carbocycles. The molecule has 2 aromatic carbocycles. The number of benzene rings is 2. The zero-order valence-corrected chi connectivity index (χ0v) is 10.0. The molecule has 0 heterocycles. The van der Waals surface area contributed by atoms with E-state index >= 15 is 0 Å². The predicted octanol–water partition coefficient (Wildman–Crippen LogP) is 2.84. The molecule has 0 amide bonds. The summed E-state index contributed by atoms with van der Waals surface area (Å²) in [7, 11) is 0. The number of hydrogen-bond donors (Lipinski definition) is 1. The number of carboxylic acid groups (broad SMARTS) is 1. The van der Waals surface area contributed by atoms with Gasteiger partial charge in [-0.25, -0.2) is 4.79 Å². The molecule has 1 N–H and O–H groups in total. The molecular formula is C15H11NO3. The zero-order chi connectivity index (χ0) is 13.7. The molecule has 2 aromatic rings. The molecule has 0 aliphatic rings. The van der Waals surface area contributed by atoms with Crippen molar-refractivity contribution in [1.82, 2.24) is 0 Å². The first-order valence-corrected chi connectivity index (χ1v) is 5.65. The average Bonchev–Trinajstić information content (AvgIpc) is 2.45. The van der Waals surface area contributed by atoms with Crippen LogP contribution in [0.25, 0.3) is 0 Å². The van der Waals surface area contributed by atoms with E-state index in [2.05, 4.69) is 6.07 Å². The first kappa shape index (κ1) is 12.7. The largest absolute Gasteiger partial charge is 0.488 e. The molecule has 0 spiro atoms. The molecule has 0 aliphatic carbocycles. The van der Waals surface area contributed by atoms with Gasteiger partial charge in [-0.3, -0.25) is 0 Å². The van der Waals surface area contributed by atoms with Crippen LogP contribution < -0.4 is 4.74 Å². The molecule has 0 radical (unpaired) electrons. The van der Waals surface area contributed by atoms with Gasteiger partial charge in [-0.15, -0.1) is 0 Å². The number of aromatic carboxylic acids is 1. The number of hydrogen-bond acceptors (Lipinski definition) is 3. The summed E-state index contributed by atoms with van der Waals surface area (Å²) >= 11 is 0. The van der Waals surface area contributed by atoms with Crippen molar-refractivity contribution in [2.24, 2.45) is 0 Å². The Morgan fingerprint density at radius 2 is 1.84 bits per heavy atom. The van der Waals surface area contributed by atoms with Crippen molar-refractivity contribution in [2.45, 2.75) is 6.61 Å². The van der Waals surface area contributed by atoms with E-state index in [9.17, 15) is 4.79 Å². The van der Waals surface area contributed by atoms with Crippen molar-refractivity contribution in [1.29, 1.82) is 5.26 Å². The van der Waals surface area contributed by atoms with Crippen LogP contribution in [0.4, 0.5) is 0 Å². The number of carbonyl (C=O) groups is 1. The van der Waals surface area contributed by atoms with Gasteiger partial charge in [-0.1, -0.05) is 24.3 Å². The molecule has 0 atom stereocenters. The van der Waals surface area contributed by atoms with E-state index in [-0.39, 0.29) is 5.56 Å². The molecule has 0 saturated heterocycles. The lowest BCUT2D eigenvalue weighted by atomic mass is 10.1. The maximum Gasteiger partial charge on any atom is 0.335 e. The molecule has 4 nitrogen and oxygen atoms in total. The monoisotopic (exact) mass is 253 g/mol. The SMILES string of the molecule is N#Cc1ccccc1OCc1ccc(C(=O)O)cc1. The summed E-state index contributed by atoms with van der Waals surface area (Å²) in [5, 5.41) is 17.7. The average molecular weight is 253 g/mol. The fourth-order valence-corrected chi connectivity index (χ4v) is 1.59. The molecule has 0 unspecified atom stereocenters. The quantitative estimate of drug-likeness (QED) is 0.909. The summed E-state index contributed by atoms with van der Waals surface area (Å²) in [6.07, 6.45) is 0. The maximum atomic E-state index is 10.7. The molecule has 0 fully saturated rings. The van der Waals surface area contributed by atoms with Crippen LogP contribution in [0.2, 0.25) is 0 Å². The molecule has 19 heavy (non-hydrogen) atoms. The third kappa shape index (κ3) is 3.11. The van der Waals surface area contributed by atoms with Crippen LogP contribution in [0.15, 0.2) is 48.5 Å². The van der Waals surface area contributed by atoms with Crippen molar-refractivity contribution in [3.63, 3.8) is 0 Å². The van der Waals surface area contributed by atoms with Crippen LogP contribution >= 0.6 is 0 Å². The topological polar surface area (TPSA) is 70.3 Å². The number of nitrogens with zero attached hydrogens (tertiary/aromatic N) is 1. The Morgan fingerprint density at radius 3 is 2.47 bits per heavy atom. The van der Waals surface area contributed by atoms with Crippen LogP contribution in [-0.4, -0.2) is 11.1 Å². The third-order valence-electron chi connectivity index (χ3n) is 2.60. The summed E-state index contributed by atoms with van der Waals surface area (Å²) in [5.41, 5.74) is 1.56. The van der Waals surface area contributed by atoms with Gasteiger partial charge >= 0.3 is 5.97 Å². The molecule has 94 valence electrons. The summed E-state index contributed by atoms with van der Waals surface area (Å²) in [4.78, 5) is 10.7. The Balaban J connectivity index is 2.06.